The first-order valence-corrected chi connectivity index (χ1v) is 9.00. The third-order valence-electron chi connectivity index (χ3n) is 4.25. The normalized spacial score (nSPS) is 12.9. The summed E-state index contributed by atoms with van der Waals surface area (Å²) >= 11 is 0. The highest BCUT2D eigenvalue weighted by atomic mass is 16.5. The lowest BCUT2D eigenvalue weighted by molar-refractivity contribution is -0.127. The van der Waals surface area contributed by atoms with E-state index in [0.717, 1.165) is 11.1 Å². The van der Waals surface area contributed by atoms with E-state index in [2.05, 4.69) is 10.6 Å². The molecule has 0 saturated heterocycles. The Morgan fingerprint density at radius 2 is 1.61 bits per heavy atom. The minimum atomic E-state index is -0.671. The maximum Gasteiger partial charge on any atom is 0.244 e. The fourth-order valence-corrected chi connectivity index (χ4v) is 2.61. The van der Waals surface area contributed by atoms with Crippen molar-refractivity contribution in [3.63, 3.8) is 0 Å². The quantitative estimate of drug-likeness (QED) is 0.688. The van der Waals surface area contributed by atoms with Crippen LogP contribution in [0.1, 0.15) is 31.0 Å². The summed E-state index contributed by atoms with van der Waals surface area (Å²) in [5.41, 5.74) is 1.78. The van der Waals surface area contributed by atoms with Crippen LogP contribution < -0.4 is 20.1 Å². The first-order valence-electron chi connectivity index (χ1n) is 9.00. The van der Waals surface area contributed by atoms with E-state index in [1.54, 1.807) is 33.3 Å². The first kappa shape index (κ1) is 21.0. The van der Waals surface area contributed by atoms with Gasteiger partial charge in [0.05, 0.1) is 20.3 Å². The van der Waals surface area contributed by atoms with Crippen LogP contribution in [0.4, 0.5) is 0 Å². The van der Waals surface area contributed by atoms with Crippen molar-refractivity contribution < 1.29 is 19.1 Å². The van der Waals surface area contributed by atoms with Gasteiger partial charge in [0.15, 0.2) is 11.5 Å². The predicted octanol–water partition coefficient (Wildman–Crippen LogP) is 3.10. The van der Waals surface area contributed by atoms with Crippen LogP contribution in [0, 0.1) is 0 Å². The molecular weight excluding hydrogens is 356 g/mol. The van der Waals surface area contributed by atoms with Crippen molar-refractivity contribution in [1.29, 1.82) is 0 Å². The van der Waals surface area contributed by atoms with Gasteiger partial charge in [0.2, 0.25) is 11.8 Å². The Morgan fingerprint density at radius 3 is 2.25 bits per heavy atom. The summed E-state index contributed by atoms with van der Waals surface area (Å²) in [5.74, 6) is 0.609. The van der Waals surface area contributed by atoms with Crippen molar-refractivity contribution >= 4 is 17.9 Å². The van der Waals surface area contributed by atoms with Crippen molar-refractivity contribution in [2.75, 3.05) is 14.2 Å². The smallest absolute Gasteiger partial charge is 0.244 e. The van der Waals surface area contributed by atoms with E-state index in [9.17, 15) is 9.59 Å². The molecule has 2 atom stereocenters. The Bertz CT molecular complexity index is 834. The molecule has 28 heavy (non-hydrogen) atoms. The fraction of sp³-hybridized carbons (Fsp3) is 0.273. The van der Waals surface area contributed by atoms with Crippen LogP contribution in [0.5, 0.6) is 11.5 Å². The van der Waals surface area contributed by atoms with Gasteiger partial charge in [-0.3, -0.25) is 9.59 Å². The van der Waals surface area contributed by atoms with Gasteiger partial charge in [0.1, 0.15) is 6.04 Å². The van der Waals surface area contributed by atoms with Crippen molar-refractivity contribution in [2.24, 2.45) is 0 Å². The average molecular weight is 382 g/mol. The van der Waals surface area contributed by atoms with Crippen molar-refractivity contribution in [3.8, 4) is 11.5 Å². The molecule has 0 fully saturated rings. The van der Waals surface area contributed by atoms with Crippen LogP contribution in [0.3, 0.4) is 0 Å². The van der Waals surface area contributed by atoms with Crippen molar-refractivity contribution in [3.05, 3.63) is 65.7 Å². The Morgan fingerprint density at radius 1 is 0.929 bits per heavy atom. The maximum absolute atomic E-state index is 12.4. The van der Waals surface area contributed by atoms with Gasteiger partial charge < -0.3 is 20.1 Å². The monoisotopic (exact) mass is 382 g/mol. The zero-order valence-corrected chi connectivity index (χ0v) is 16.6. The van der Waals surface area contributed by atoms with Crippen LogP contribution in [-0.4, -0.2) is 32.1 Å². The highest BCUT2D eigenvalue weighted by molar-refractivity contribution is 5.95. The zero-order valence-electron chi connectivity index (χ0n) is 16.6. The molecule has 2 aromatic carbocycles. The van der Waals surface area contributed by atoms with Crippen LogP contribution in [0.25, 0.3) is 6.08 Å². The third-order valence-corrected chi connectivity index (χ3v) is 4.25. The number of ether oxygens (including phenoxy) is 2. The molecule has 2 rings (SSSR count). The maximum atomic E-state index is 12.4. The lowest BCUT2D eigenvalue weighted by Crippen LogP contribution is -2.45. The molecule has 0 aliphatic heterocycles. The van der Waals surface area contributed by atoms with E-state index < -0.39 is 6.04 Å². The summed E-state index contributed by atoms with van der Waals surface area (Å²) in [6.07, 6.45) is 3.11. The van der Waals surface area contributed by atoms with E-state index in [1.807, 2.05) is 49.4 Å². The molecule has 0 radical (unpaired) electrons. The summed E-state index contributed by atoms with van der Waals surface area (Å²) in [4.78, 5) is 24.4. The van der Waals surface area contributed by atoms with Gasteiger partial charge in [0, 0.05) is 6.08 Å². The molecule has 2 N–H and O–H groups in total. The number of methoxy groups -OCH3 is 2. The molecule has 0 saturated carbocycles. The number of carbonyl (C=O) groups is 2. The van der Waals surface area contributed by atoms with Gasteiger partial charge in [0.25, 0.3) is 0 Å². The molecule has 0 heterocycles. The Kier molecular flexibility index (Phi) is 7.63. The lowest BCUT2D eigenvalue weighted by atomic mass is 10.1. The predicted molar refractivity (Wildman–Crippen MR) is 109 cm³/mol. The van der Waals surface area contributed by atoms with E-state index in [1.165, 1.54) is 6.08 Å². The summed E-state index contributed by atoms with van der Waals surface area (Å²) in [7, 11) is 3.13. The molecular formula is C22H26N2O4. The zero-order chi connectivity index (χ0) is 20.5. The Labute approximate surface area is 165 Å². The SMILES string of the molecule is COc1ccc(C(C)NC(=O)C(C)NC(=O)C=Cc2ccccc2)cc1OC. The van der Waals surface area contributed by atoms with Crippen LogP contribution >= 0.6 is 0 Å². The van der Waals surface area contributed by atoms with Gasteiger partial charge in [-0.2, -0.15) is 0 Å². The van der Waals surface area contributed by atoms with Crippen molar-refractivity contribution in [1.82, 2.24) is 10.6 Å². The number of nitrogens with one attached hydrogen (secondary N) is 2. The van der Waals surface area contributed by atoms with Gasteiger partial charge in [-0.1, -0.05) is 36.4 Å². The number of benzene rings is 2. The minimum absolute atomic E-state index is 0.258. The molecule has 2 amide bonds. The van der Waals surface area contributed by atoms with Gasteiger partial charge >= 0.3 is 0 Å². The first-order chi connectivity index (χ1) is 13.4. The fourth-order valence-electron chi connectivity index (χ4n) is 2.61. The molecule has 148 valence electrons. The second-order valence-electron chi connectivity index (χ2n) is 6.32. The second-order valence-corrected chi connectivity index (χ2v) is 6.32. The van der Waals surface area contributed by atoms with Crippen LogP contribution in [-0.2, 0) is 9.59 Å². The summed E-state index contributed by atoms with van der Waals surface area (Å²) in [6.45, 7) is 3.51. The summed E-state index contributed by atoms with van der Waals surface area (Å²) < 4.78 is 10.5. The van der Waals surface area contributed by atoms with E-state index >= 15 is 0 Å². The molecule has 6 nitrogen and oxygen atoms in total. The van der Waals surface area contributed by atoms with E-state index in [4.69, 9.17) is 9.47 Å². The third kappa shape index (κ3) is 5.87. The van der Waals surface area contributed by atoms with E-state index in [0.29, 0.717) is 11.5 Å². The molecule has 2 unspecified atom stereocenters. The number of rotatable bonds is 8. The number of amides is 2. The molecule has 0 aromatic heterocycles. The molecule has 0 bridgehead atoms. The standard InChI is InChI=1S/C22H26N2O4/c1-15(18-11-12-19(27-3)20(14-18)28-4)24-22(26)16(2)23-21(25)13-10-17-8-6-5-7-9-17/h5-16H,1-4H3,(H,23,25)(H,24,26). The van der Waals surface area contributed by atoms with Gasteiger partial charge in [-0.15, -0.1) is 0 Å². The van der Waals surface area contributed by atoms with Crippen LogP contribution in [0.2, 0.25) is 0 Å². The van der Waals surface area contributed by atoms with Crippen LogP contribution in [0.15, 0.2) is 54.6 Å². The van der Waals surface area contributed by atoms with Gasteiger partial charge in [-0.05, 0) is 43.2 Å². The Balaban J connectivity index is 1.92. The Hall–Kier alpha value is -3.28. The molecule has 0 spiro atoms. The highest BCUT2D eigenvalue weighted by Crippen LogP contribution is 2.29. The number of carbonyl (C=O) groups excluding carboxylic acids is 2. The molecule has 0 aliphatic carbocycles. The minimum Gasteiger partial charge on any atom is -0.493 e. The lowest BCUT2D eigenvalue weighted by Gasteiger charge is -2.19. The summed E-state index contributed by atoms with van der Waals surface area (Å²) in [6, 6.07) is 14.0. The number of hydrogen-bond donors (Lipinski definition) is 2. The molecule has 0 aliphatic rings. The van der Waals surface area contributed by atoms with Crippen molar-refractivity contribution in [2.45, 2.75) is 25.9 Å². The second kappa shape index (κ2) is 10.2. The van der Waals surface area contributed by atoms with Gasteiger partial charge in [-0.25, -0.2) is 0 Å². The van der Waals surface area contributed by atoms with E-state index in [-0.39, 0.29) is 17.9 Å². The number of hydrogen-bond acceptors (Lipinski definition) is 4. The topological polar surface area (TPSA) is 76.7 Å². The molecule has 6 heteroatoms. The molecule has 2 aromatic rings. The average Bonchev–Trinajstić information content (AvgIpc) is 2.72. The summed E-state index contributed by atoms with van der Waals surface area (Å²) in [5, 5.41) is 5.55. The largest absolute Gasteiger partial charge is 0.493 e. The highest BCUT2D eigenvalue weighted by Gasteiger charge is 2.18.